The van der Waals surface area contributed by atoms with Crippen LogP contribution in [0.15, 0.2) is 91.0 Å². The molecule has 6 heteroatoms. The number of benzene rings is 4. The van der Waals surface area contributed by atoms with Gasteiger partial charge < -0.3 is 9.64 Å². The van der Waals surface area contributed by atoms with Gasteiger partial charge in [-0.25, -0.2) is 0 Å². The minimum Gasteiger partial charge on any atom is -0.497 e. The number of methoxy groups -OCH3 is 1. The van der Waals surface area contributed by atoms with E-state index >= 15 is 0 Å². The highest BCUT2D eigenvalue weighted by molar-refractivity contribution is 6.25. The molecule has 0 bridgehead atoms. The molecule has 0 fully saturated rings. The highest BCUT2D eigenvalue weighted by Gasteiger charge is 2.32. The molecule has 6 nitrogen and oxygen atoms in total. The van der Waals surface area contributed by atoms with Gasteiger partial charge in [0.1, 0.15) is 5.75 Å². The summed E-state index contributed by atoms with van der Waals surface area (Å²) in [5, 5.41) is 1.58. The number of rotatable bonds is 7. The molecule has 4 aromatic carbocycles. The average Bonchev–Trinajstić information content (AvgIpc) is 2.91. The van der Waals surface area contributed by atoms with Gasteiger partial charge in [0.15, 0.2) is 0 Å². The Kier molecular flexibility index (Phi) is 6.02. The van der Waals surface area contributed by atoms with Crippen molar-refractivity contribution < 1.29 is 19.1 Å². The van der Waals surface area contributed by atoms with Gasteiger partial charge in [0, 0.05) is 40.9 Å². The molecule has 0 radical (unpaired) electrons. The minimum absolute atomic E-state index is 0.179. The summed E-state index contributed by atoms with van der Waals surface area (Å²) in [5.41, 5.74) is 2.31. The number of hydrogen-bond donors (Lipinski definition) is 0. The third-order valence-electron chi connectivity index (χ3n) is 6.25. The SMILES string of the molecule is COc1cccc(C(=O)N(CCCN2C(=O)c3cccc4cccc(c34)C2=O)c2ccccc2)c1. The first-order valence-corrected chi connectivity index (χ1v) is 11.5. The molecule has 35 heavy (non-hydrogen) atoms. The van der Waals surface area contributed by atoms with Crippen LogP contribution in [0.2, 0.25) is 0 Å². The topological polar surface area (TPSA) is 66.9 Å². The van der Waals surface area contributed by atoms with Gasteiger partial charge in [-0.3, -0.25) is 19.3 Å². The smallest absolute Gasteiger partial charge is 0.261 e. The van der Waals surface area contributed by atoms with E-state index in [1.807, 2.05) is 54.6 Å². The van der Waals surface area contributed by atoms with E-state index in [9.17, 15) is 14.4 Å². The molecule has 1 aliphatic heterocycles. The summed E-state index contributed by atoms with van der Waals surface area (Å²) in [7, 11) is 1.56. The zero-order valence-electron chi connectivity index (χ0n) is 19.3. The molecule has 0 aromatic heterocycles. The summed E-state index contributed by atoms with van der Waals surface area (Å²) in [6, 6.07) is 27.4. The van der Waals surface area contributed by atoms with Crippen LogP contribution >= 0.6 is 0 Å². The van der Waals surface area contributed by atoms with Crippen LogP contribution in [0.4, 0.5) is 5.69 Å². The normalized spacial score (nSPS) is 12.7. The Morgan fingerprint density at radius 3 is 2.14 bits per heavy atom. The number of hydrogen-bond acceptors (Lipinski definition) is 4. The molecule has 0 saturated heterocycles. The van der Waals surface area contributed by atoms with Crippen LogP contribution in [-0.2, 0) is 0 Å². The van der Waals surface area contributed by atoms with Crippen molar-refractivity contribution in [2.24, 2.45) is 0 Å². The van der Waals surface area contributed by atoms with Crippen molar-refractivity contribution in [1.82, 2.24) is 4.90 Å². The maximum absolute atomic E-state index is 13.4. The molecule has 1 heterocycles. The van der Waals surface area contributed by atoms with E-state index in [-0.39, 0.29) is 24.3 Å². The van der Waals surface area contributed by atoms with Gasteiger partial charge in [0.2, 0.25) is 0 Å². The van der Waals surface area contributed by atoms with Gasteiger partial charge in [0.25, 0.3) is 17.7 Å². The van der Waals surface area contributed by atoms with Crippen molar-refractivity contribution >= 4 is 34.2 Å². The molecule has 174 valence electrons. The molecule has 0 unspecified atom stereocenters. The molecule has 0 atom stereocenters. The number of imide groups is 1. The van der Waals surface area contributed by atoms with Crippen molar-refractivity contribution in [2.45, 2.75) is 6.42 Å². The Morgan fingerprint density at radius 1 is 0.829 bits per heavy atom. The van der Waals surface area contributed by atoms with Crippen molar-refractivity contribution in [1.29, 1.82) is 0 Å². The second kappa shape index (κ2) is 9.43. The first-order chi connectivity index (χ1) is 17.1. The molecule has 5 rings (SSSR count). The Morgan fingerprint density at radius 2 is 1.49 bits per heavy atom. The minimum atomic E-state index is -0.301. The highest BCUT2D eigenvalue weighted by atomic mass is 16.5. The number of anilines is 1. The predicted molar refractivity (Wildman–Crippen MR) is 135 cm³/mol. The number of para-hydroxylation sites is 1. The third-order valence-corrected chi connectivity index (χ3v) is 6.25. The average molecular weight is 465 g/mol. The summed E-state index contributed by atoms with van der Waals surface area (Å²) >= 11 is 0. The van der Waals surface area contributed by atoms with Crippen molar-refractivity contribution in [2.75, 3.05) is 25.1 Å². The molecule has 4 aromatic rings. The summed E-state index contributed by atoms with van der Waals surface area (Å²) < 4.78 is 5.27. The first-order valence-electron chi connectivity index (χ1n) is 11.5. The number of carbonyl (C=O) groups excluding carboxylic acids is 3. The van der Waals surface area contributed by atoms with E-state index in [1.165, 1.54) is 4.90 Å². The van der Waals surface area contributed by atoms with E-state index in [2.05, 4.69) is 0 Å². The van der Waals surface area contributed by atoms with Crippen LogP contribution in [0.5, 0.6) is 5.75 Å². The number of amides is 3. The number of carbonyl (C=O) groups is 3. The number of nitrogens with zero attached hydrogens (tertiary/aromatic N) is 2. The fourth-order valence-corrected chi connectivity index (χ4v) is 4.54. The first kappa shape index (κ1) is 22.3. The van der Waals surface area contributed by atoms with Crippen LogP contribution in [-0.4, -0.2) is 42.8 Å². The predicted octanol–water partition coefficient (Wildman–Crippen LogP) is 5.18. The van der Waals surface area contributed by atoms with Gasteiger partial charge in [-0.1, -0.05) is 48.5 Å². The van der Waals surface area contributed by atoms with E-state index in [1.54, 1.807) is 48.4 Å². The molecular weight excluding hydrogens is 440 g/mol. The third kappa shape index (κ3) is 4.15. The summed E-state index contributed by atoms with van der Waals surface area (Å²) in [4.78, 5) is 42.8. The summed E-state index contributed by atoms with van der Waals surface area (Å²) in [6.45, 7) is 0.542. The van der Waals surface area contributed by atoms with E-state index in [0.717, 1.165) is 11.1 Å². The lowest BCUT2D eigenvalue weighted by molar-refractivity contribution is 0.0610. The zero-order chi connectivity index (χ0) is 24.4. The fourth-order valence-electron chi connectivity index (χ4n) is 4.54. The zero-order valence-corrected chi connectivity index (χ0v) is 19.3. The Balaban J connectivity index is 1.38. The second-order valence-electron chi connectivity index (χ2n) is 8.35. The maximum Gasteiger partial charge on any atom is 0.261 e. The van der Waals surface area contributed by atoms with E-state index in [0.29, 0.717) is 40.8 Å². The molecule has 0 saturated carbocycles. The van der Waals surface area contributed by atoms with Crippen LogP contribution in [0.3, 0.4) is 0 Å². The van der Waals surface area contributed by atoms with Crippen LogP contribution < -0.4 is 9.64 Å². The van der Waals surface area contributed by atoms with Crippen molar-refractivity contribution in [3.8, 4) is 5.75 Å². The monoisotopic (exact) mass is 464 g/mol. The quantitative estimate of drug-likeness (QED) is 0.354. The molecule has 3 amide bonds. The lowest BCUT2D eigenvalue weighted by Gasteiger charge is -2.29. The second-order valence-corrected chi connectivity index (χ2v) is 8.35. The highest BCUT2D eigenvalue weighted by Crippen LogP contribution is 2.30. The molecule has 0 aliphatic carbocycles. The van der Waals surface area contributed by atoms with E-state index < -0.39 is 0 Å². The van der Waals surface area contributed by atoms with Crippen LogP contribution in [0.1, 0.15) is 37.5 Å². The largest absolute Gasteiger partial charge is 0.497 e. The summed E-state index contributed by atoms with van der Waals surface area (Å²) in [6.07, 6.45) is 0.431. The fraction of sp³-hybridized carbons (Fsp3) is 0.138. The Hall–Kier alpha value is -4.45. The van der Waals surface area contributed by atoms with Crippen LogP contribution in [0, 0.1) is 0 Å². The lowest BCUT2D eigenvalue weighted by Crippen LogP contribution is -2.42. The van der Waals surface area contributed by atoms with Crippen molar-refractivity contribution in [3.63, 3.8) is 0 Å². The van der Waals surface area contributed by atoms with Gasteiger partial charge >= 0.3 is 0 Å². The molecule has 1 aliphatic rings. The van der Waals surface area contributed by atoms with Crippen molar-refractivity contribution in [3.05, 3.63) is 108 Å². The van der Waals surface area contributed by atoms with Gasteiger partial charge in [-0.05, 0) is 54.3 Å². The summed E-state index contributed by atoms with van der Waals surface area (Å²) in [5.74, 6) is -0.183. The van der Waals surface area contributed by atoms with E-state index in [4.69, 9.17) is 4.74 Å². The Labute approximate surface area is 203 Å². The molecule has 0 N–H and O–H groups in total. The molecular formula is C29H24N2O4. The molecule has 0 spiro atoms. The maximum atomic E-state index is 13.4. The van der Waals surface area contributed by atoms with Gasteiger partial charge in [-0.2, -0.15) is 0 Å². The van der Waals surface area contributed by atoms with Gasteiger partial charge in [0.05, 0.1) is 7.11 Å². The number of ether oxygens (including phenoxy) is 1. The lowest BCUT2D eigenvalue weighted by atomic mass is 9.94. The van der Waals surface area contributed by atoms with Gasteiger partial charge in [-0.15, -0.1) is 0 Å². The standard InChI is InChI=1S/C29H24N2O4/c1-35-23-14-5-11-21(19-23)27(32)30(22-12-3-2-4-13-22)17-8-18-31-28(33)24-15-6-9-20-10-7-16-25(26(20)24)29(31)34/h2-7,9-16,19H,8,17-18H2,1H3. The van der Waals surface area contributed by atoms with Crippen LogP contribution in [0.25, 0.3) is 10.8 Å². The Bertz CT molecular complexity index is 1380.